The Morgan fingerprint density at radius 2 is 1.86 bits per heavy atom. The molecule has 0 bridgehead atoms. The van der Waals surface area contributed by atoms with Crippen LogP contribution in [0.15, 0.2) is 24.3 Å². The molecule has 1 fully saturated rings. The van der Waals surface area contributed by atoms with Crippen LogP contribution in [0, 0.1) is 12.8 Å². The highest BCUT2D eigenvalue weighted by molar-refractivity contribution is 5.91. The topological polar surface area (TPSA) is 93.5 Å². The third-order valence-corrected chi connectivity index (χ3v) is 5.91. The van der Waals surface area contributed by atoms with Gasteiger partial charge in [-0.15, -0.1) is 10.2 Å². The van der Waals surface area contributed by atoms with Crippen molar-refractivity contribution in [1.82, 2.24) is 30.0 Å². The van der Waals surface area contributed by atoms with Crippen LogP contribution in [0.4, 0.5) is 18.0 Å². The first kappa shape index (κ1) is 28.1. The van der Waals surface area contributed by atoms with Crippen molar-refractivity contribution in [3.8, 4) is 0 Å². The number of ether oxygens (including phenoxy) is 1. The van der Waals surface area contributed by atoms with Crippen molar-refractivity contribution in [3.05, 3.63) is 46.8 Å². The SMILES string of the molecule is Cc1nnn(Cc2cc(C(F)(F)F)ccc2C=CC(=O)N(C)CC2CCN(C(=O)OC(C)(C)C)CC2)n1. The van der Waals surface area contributed by atoms with E-state index in [-0.39, 0.29) is 24.5 Å². The molecule has 1 aliphatic heterocycles. The number of amides is 2. The fourth-order valence-corrected chi connectivity index (χ4v) is 4.01. The third kappa shape index (κ3) is 8.29. The van der Waals surface area contributed by atoms with Gasteiger partial charge in [-0.1, -0.05) is 6.07 Å². The van der Waals surface area contributed by atoms with Crippen LogP contribution >= 0.6 is 0 Å². The second-order valence-electron chi connectivity index (χ2n) is 10.2. The van der Waals surface area contributed by atoms with E-state index in [1.54, 1.807) is 23.8 Å². The number of alkyl halides is 3. The zero-order chi connectivity index (χ0) is 27.4. The van der Waals surface area contributed by atoms with Gasteiger partial charge in [0.25, 0.3) is 0 Å². The Hall–Kier alpha value is -3.44. The first-order valence-corrected chi connectivity index (χ1v) is 12.1. The number of halogens is 3. The standard InChI is InChI=1S/C25H33F3N6O3/c1-17-29-31-34(30-17)16-20-14-21(25(26,27)28)8-6-19(20)7-9-22(35)32(5)15-18-10-12-33(13-11-18)23(36)37-24(2,3)4/h6-9,14,18H,10-13,15-16H2,1-5H3. The number of aryl methyl sites for hydroxylation is 1. The molecule has 0 N–H and O–H groups in total. The van der Waals surface area contributed by atoms with E-state index < -0.39 is 17.3 Å². The summed E-state index contributed by atoms with van der Waals surface area (Å²) in [5, 5.41) is 11.6. The first-order chi connectivity index (χ1) is 17.2. The van der Waals surface area contributed by atoms with Crippen LogP contribution in [0.1, 0.15) is 56.1 Å². The summed E-state index contributed by atoms with van der Waals surface area (Å²) in [7, 11) is 1.68. The van der Waals surface area contributed by atoms with Gasteiger partial charge in [-0.2, -0.15) is 18.0 Å². The predicted octanol–water partition coefficient (Wildman–Crippen LogP) is 4.17. The molecule has 0 saturated carbocycles. The number of likely N-dealkylation sites (N-methyl/N-ethyl adjacent to an activating group) is 1. The molecule has 0 radical (unpaired) electrons. The van der Waals surface area contributed by atoms with E-state index in [2.05, 4.69) is 15.4 Å². The Balaban J connectivity index is 1.62. The van der Waals surface area contributed by atoms with Crippen LogP contribution in [0.5, 0.6) is 0 Å². The molecule has 12 heteroatoms. The predicted molar refractivity (Wildman–Crippen MR) is 130 cm³/mol. The van der Waals surface area contributed by atoms with Crippen LogP contribution < -0.4 is 0 Å². The van der Waals surface area contributed by atoms with Crippen molar-refractivity contribution in [1.29, 1.82) is 0 Å². The smallest absolute Gasteiger partial charge is 0.416 e. The summed E-state index contributed by atoms with van der Waals surface area (Å²) in [6.45, 7) is 8.71. The number of likely N-dealkylation sites (tertiary alicyclic amines) is 1. The van der Waals surface area contributed by atoms with E-state index in [1.807, 2.05) is 20.8 Å². The molecule has 2 aromatic rings. The lowest BCUT2D eigenvalue weighted by molar-refractivity contribution is -0.137. The molecule has 0 atom stereocenters. The average molecular weight is 523 g/mol. The van der Waals surface area contributed by atoms with Crippen molar-refractivity contribution < 1.29 is 27.5 Å². The molecule has 1 aliphatic rings. The molecule has 3 rings (SSSR count). The molecule has 1 aromatic carbocycles. The van der Waals surface area contributed by atoms with Crippen LogP contribution in [0.3, 0.4) is 0 Å². The minimum atomic E-state index is -4.50. The molecular weight excluding hydrogens is 489 g/mol. The van der Waals surface area contributed by atoms with Crippen molar-refractivity contribution in [2.75, 3.05) is 26.7 Å². The highest BCUT2D eigenvalue weighted by atomic mass is 19.4. The maximum atomic E-state index is 13.3. The van der Waals surface area contributed by atoms with E-state index in [1.165, 1.54) is 23.0 Å². The number of tetrazole rings is 1. The normalized spacial score (nSPS) is 15.3. The van der Waals surface area contributed by atoms with Gasteiger partial charge in [-0.25, -0.2) is 4.79 Å². The Labute approximate surface area is 214 Å². The largest absolute Gasteiger partial charge is 0.444 e. The number of hydrogen-bond donors (Lipinski definition) is 0. The number of carbonyl (C=O) groups excluding carboxylic acids is 2. The fraction of sp³-hybridized carbons (Fsp3) is 0.560. The summed E-state index contributed by atoms with van der Waals surface area (Å²) in [5.41, 5.74) is -0.577. The molecule has 202 valence electrons. The molecule has 0 spiro atoms. The van der Waals surface area contributed by atoms with Crippen molar-refractivity contribution in [2.45, 2.75) is 58.9 Å². The Kier molecular flexibility index (Phi) is 8.60. The Bertz CT molecular complexity index is 1130. The minimum absolute atomic E-state index is 0.0231. The molecular formula is C25H33F3N6O3. The van der Waals surface area contributed by atoms with Gasteiger partial charge >= 0.3 is 12.3 Å². The Morgan fingerprint density at radius 3 is 2.43 bits per heavy atom. The maximum Gasteiger partial charge on any atom is 0.416 e. The lowest BCUT2D eigenvalue weighted by Gasteiger charge is -2.34. The molecule has 37 heavy (non-hydrogen) atoms. The van der Waals surface area contributed by atoms with Gasteiger partial charge in [0.1, 0.15) is 5.60 Å². The quantitative estimate of drug-likeness (QED) is 0.529. The zero-order valence-corrected chi connectivity index (χ0v) is 21.7. The van der Waals surface area contributed by atoms with Crippen molar-refractivity contribution in [2.24, 2.45) is 5.92 Å². The number of piperidine rings is 1. The molecule has 2 heterocycles. The number of benzene rings is 1. The van der Waals surface area contributed by atoms with E-state index in [9.17, 15) is 22.8 Å². The van der Waals surface area contributed by atoms with E-state index in [0.717, 1.165) is 25.0 Å². The van der Waals surface area contributed by atoms with Gasteiger partial charge in [0, 0.05) is 32.8 Å². The highest BCUT2D eigenvalue weighted by Crippen LogP contribution is 2.31. The van der Waals surface area contributed by atoms with Gasteiger partial charge in [0.15, 0.2) is 5.82 Å². The average Bonchev–Trinajstić information content (AvgIpc) is 3.21. The molecule has 0 unspecified atom stereocenters. The molecule has 1 aromatic heterocycles. The summed E-state index contributed by atoms with van der Waals surface area (Å²) >= 11 is 0. The molecule has 1 saturated heterocycles. The summed E-state index contributed by atoms with van der Waals surface area (Å²) in [6.07, 6.45) is -0.493. The molecule has 0 aliphatic carbocycles. The number of nitrogens with zero attached hydrogens (tertiary/aromatic N) is 6. The van der Waals surface area contributed by atoms with E-state index in [0.29, 0.717) is 36.6 Å². The molecule has 9 nitrogen and oxygen atoms in total. The minimum Gasteiger partial charge on any atom is -0.444 e. The van der Waals surface area contributed by atoms with Crippen LogP contribution in [0.25, 0.3) is 6.08 Å². The monoisotopic (exact) mass is 522 g/mol. The summed E-state index contributed by atoms with van der Waals surface area (Å²) in [6, 6.07) is 3.35. The second kappa shape index (κ2) is 11.3. The van der Waals surface area contributed by atoms with Crippen LogP contribution in [0.2, 0.25) is 0 Å². The van der Waals surface area contributed by atoms with E-state index in [4.69, 9.17) is 4.74 Å². The fourth-order valence-electron chi connectivity index (χ4n) is 4.01. The second-order valence-corrected chi connectivity index (χ2v) is 10.2. The lowest BCUT2D eigenvalue weighted by Crippen LogP contribution is -2.43. The summed E-state index contributed by atoms with van der Waals surface area (Å²) < 4.78 is 45.2. The summed E-state index contributed by atoms with van der Waals surface area (Å²) in [4.78, 5) is 29.5. The zero-order valence-electron chi connectivity index (χ0n) is 21.7. The summed E-state index contributed by atoms with van der Waals surface area (Å²) in [5.74, 6) is 0.359. The van der Waals surface area contributed by atoms with Crippen molar-refractivity contribution >= 4 is 18.1 Å². The number of hydrogen-bond acceptors (Lipinski definition) is 6. The van der Waals surface area contributed by atoms with Gasteiger partial charge in [0.2, 0.25) is 5.91 Å². The number of carbonyl (C=O) groups is 2. The van der Waals surface area contributed by atoms with Crippen LogP contribution in [-0.2, 0) is 22.3 Å². The Morgan fingerprint density at radius 1 is 1.19 bits per heavy atom. The maximum absolute atomic E-state index is 13.3. The van der Waals surface area contributed by atoms with E-state index >= 15 is 0 Å². The van der Waals surface area contributed by atoms with Crippen molar-refractivity contribution in [3.63, 3.8) is 0 Å². The van der Waals surface area contributed by atoms with Gasteiger partial charge < -0.3 is 14.5 Å². The number of rotatable bonds is 6. The molecule has 2 amide bonds. The van der Waals surface area contributed by atoms with Gasteiger partial charge in [0.05, 0.1) is 12.1 Å². The lowest BCUT2D eigenvalue weighted by atomic mass is 9.96. The number of aromatic nitrogens is 4. The third-order valence-electron chi connectivity index (χ3n) is 5.91. The van der Waals surface area contributed by atoms with Gasteiger partial charge in [-0.3, -0.25) is 4.79 Å². The van der Waals surface area contributed by atoms with Gasteiger partial charge in [-0.05, 0) is 81.0 Å². The first-order valence-electron chi connectivity index (χ1n) is 12.1. The highest BCUT2D eigenvalue weighted by Gasteiger charge is 2.31. The van der Waals surface area contributed by atoms with Crippen LogP contribution in [-0.4, -0.2) is 74.3 Å².